The second-order valence-corrected chi connectivity index (χ2v) is 11.2. The maximum Gasteiger partial charge on any atom is 0.238 e. The molecule has 212 valence electrons. The second-order valence-electron chi connectivity index (χ2n) is 11.2. The number of carbonyl (C=O) groups excluding carboxylic acids is 1. The molecule has 1 saturated carbocycles. The van der Waals surface area contributed by atoms with Crippen LogP contribution in [0.2, 0.25) is 0 Å². The van der Waals surface area contributed by atoms with Crippen molar-refractivity contribution < 1.29 is 14.3 Å². The summed E-state index contributed by atoms with van der Waals surface area (Å²) in [5.74, 6) is -0.596. The zero-order valence-corrected chi connectivity index (χ0v) is 23.1. The average Bonchev–Trinajstić information content (AvgIpc) is 3.74. The first-order chi connectivity index (χ1) is 20.0. The normalized spacial score (nSPS) is 17.5. The standard InChI is InChI=1S/C33H36FN5O2/c34-29-13-12-27(21-30(29)40)38-31(41)22-37-33(14-18-39(19-15-33)28-6-1-2-7-28)26-10-8-23(9-11-26)24-4-3-5-25(20-24)32-35-16-17-36-32/h3-5,8-13,16-17,20-21,28,37,40H,1-2,6-7,14-15,18-19,22H2,(H,35,36)(H,38,41). The molecule has 3 aromatic carbocycles. The molecule has 8 heteroatoms. The molecule has 1 aromatic heterocycles. The zero-order chi connectivity index (χ0) is 28.2. The predicted octanol–water partition coefficient (Wildman–Crippen LogP) is 6.05. The number of rotatable bonds is 8. The highest BCUT2D eigenvalue weighted by molar-refractivity contribution is 5.92. The summed E-state index contributed by atoms with van der Waals surface area (Å²) in [6.45, 7) is 2.07. The Morgan fingerprint density at radius 1 is 1.00 bits per heavy atom. The Labute approximate surface area is 239 Å². The number of phenolic OH excluding ortho intramolecular Hbond substituents is 1. The molecule has 1 aliphatic heterocycles. The number of benzene rings is 3. The van der Waals surface area contributed by atoms with Crippen LogP contribution in [0.5, 0.6) is 5.75 Å². The van der Waals surface area contributed by atoms with Gasteiger partial charge in [0.15, 0.2) is 11.6 Å². The van der Waals surface area contributed by atoms with Gasteiger partial charge in [0.2, 0.25) is 5.91 Å². The first-order valence-corrected chi connectivity index (χ1v) is 14.5. The van der Waals surface area contributed by atoms with Gasteiger partial charge in [-0.15, -0.1) is 0 Å². The van der Waals surface area contributed by atoms with E-state index in [9.17, 15) is 14.3 Å². The van der Waals surface area contributed by atoms with E-state index >= 15 is 0 Å². The molecule has 7 nitrogen and oxygen atoms in total. The van der Waals surface area contributed by atoms with Gasteiger partial charge in [-0.25, -0.2) is 9.37 Å². The Morgan fingerprint density at radius 2 is 1.76 bits per heavy atom. The van der Waals surface area contributed by atoms with Gasteiger partial charge in [0.25, 0.3) is 0 Å². The number of halogens is 1. The fourth-order valence-corrected chi connectivity index (χ4v) is 6.40. The van der Waals surface area contributed by atoms with E-state index in [4.69, 9.17) is 0 Å². The van der Waals surface area contributed by atoms with Crippen molar-refractivity contribution in [3.8, 4) is 28.3 Å². The number of carbonyl (C=O) groups is 1. The van der Waals surface area contributed by atoms with E-state index < -0.39 is 11.6 Å². The highest BCUT2D eigenvalue weighted by atomic mass is 19.1. The van der Waals surface area contributed by atoms with Crippen LogP contribution < -0.4 is 10.6 Å². The number of piperidine rings is 1. The van der Waals surface area contributed by atoms with Crippen molar-refractivity contribution in [1.29, 1.82) is 0 Å². The summed E-state index contributed by atoms with van der Waals surface area (Å²) in [6.07, 6.45) is 10.6. The van der Waals surface area contributed by atoms with Crippen molar-refractivity contribution in [2.45, 2.75) is 50.1 Å². The fourth-order valence-electron chi connectivity index (χ4n) is 6.40. The summed E-state index contributed by atoms with van der Waals surface area (Å²) in [7, 11) is 0. The average molecular weight is 554 g/mol. The quantitative estimate of drug-likeness (QED) is 0.213. The van der Waals surface area contributed by atoms with Gasteiger partial charge in [-0.1, -0.05) is 55.3 Å². The number of hydrogen-bond donors (Lipinski definition) is 4. The van der Waals surface area contributed by atoms with E-state index in [1.165, 1.54) is 43.4 Å². The van der Waals surface area contributed by atoms with Crippen LogP contribution in [-0.2, 0) is 10.3 Å². The molecule has 0 spiro atoms. The second kappa shape index (κ2) is 11.8. The molecule has 0 radical (unpaired) electrons. The van der Waals surface area contributed by atoms with Gasteiger partial charge in [0.1, 0.15) is 5.82 Å². The van der Waals surface area contributed by atoms with E-state index in [1.54, 1.807) is 6.20 Å². The highest BCUT2D eigenvalue weighted by Gasteiger charge is 2.38. The number of imidazole rings is 1. The van der Waals surface area contributed by atoms with Gasteiger partial charge >= 0.3 is 0 Å². The minimum atomic E-state index is -0.717. The van der Waals surface area contributed by atoms with Crippen LogP contribution in [0.15, 0.2) is 79.1 Å². The number of hydrogen-bond acceptors (Lipinski definition) is 5. The van der Waals surface area contributed by atoms with E-state index in [0.29, 0.717) is 11.7 Å². The Balaban J connectivity index is 1.20. The smallest absolute Gasteiger partial charge is 0.238 e. The number of phenols is 1. The third-order valence-corrected chi connectivity index (χ3v) is 8.71. The zero-order valence-electron chi connectivity index (χ0n) is 23.1. The van der Waals surface area contributed by atoms with Gasteiger partial charge in [-0.2, -0.15) is 0 Å². The van der Waals surface area contributed by atoms with Crippen LogP contribution >= 0.6 is 0 Å². The third kappa shape index (κ3) is 6.04. The molecule has 2 fully saturated rings. The number of amides is 1. The van der Waals surface area contributed by atoms with E-state index in [2.05, 4.69) is 61.9 Å². The lowest BCUT2D eigenvalue weighted by atomic mass is 9.79. The molecule has 2 heterocycles. The molecule has 0 unspecified atom stereocenters. The van der Waals surface area contributed by atoms with Crippen LogP contribution in [0.25, 0.3) is 22.5 Å². The van der Waals surface area contributed by atoms with Gasteiger partial charge < -0.3 is 20.3 Å². The van der Waals surface area contributed by atoms with Crippen molar-refractivity contribution in [3.05, 3.63) is 90.5 Å². The molecule has 1 aliphatic carbocycles. The summed E-state index contributed by atoms with van der Waals surface area (Å²) in [6, 6.07) is 21.5. The molecule has 41 heavy (non-hydrogen) atoms. The SMILES string of the molecule is O=C(CNC1(c2ccc(-c3cccc(-c4ncc[nH]4)c3)cc2)CCN(C2CCCC2)CC1)Nc1ccc(F)c(O)c1. The molecule has 6 rings (SSSR count). The molecule has 2 aliphatic rings. The number of nitrogens with zero attached hydrogens (tertiary/aromatic N) is 2. The topological polar surface area (TPSA) is 93.3 Å². The highest BCUT2D eigenvalue weighted by Crippen LogP contribution is 2.37. The minimum Gasteiger partial charge on any atom is -0.505 e. The summed E-state index contributed by atoms with van der Waals surface area (Å²) >= 11 is 0. The van der Waals surface area contributed by atoms with Crippen molar-refractivity contribution in [1.82, 2.24) is 20.2 Å². The first-order valence-electron chi connectivity index (χ1n) is 14.5. The number of anilines is 1. The Hall–Kier alpha value is -4.01. The maximum absolute atomic E-state index is 13.4. The van der Waals surface area contributed by atoms with E-state index in [0.717, 1.165) is 54.5 Å². The van der Waals surface area contributed by atoms with Gasteiger partial charge in [0, 0.05) is 54.4 Å². The Kier molecular flexibility index (Phi) is 7.85. The maximum atomic E-state index is 13.4. The molecule has 0 bridgehead atoms. The minimum absolute atomic E-state index is 0.106. The number of aromatic amines is 1. The fraction of sp³-hybridized carbons (Fsp3) is 0.333. The Morgan fingerprint density at radius 3 is 2.46 bits per heavy atom. The summed E-state index contributed by atoms with van der Waals surface area (Å²) in [5.41, 5.74) is 4.46. The number of aromatic nitrogens is 2. The predicted molar refractivity (Wildman–Crippen MR) is 159 cm³/mol. The molecular formula is C33H36FN5O2. The monoisotopic (exact) mass is 553 g/mol. The molecule has 1 saturated heterocycles. The Bertz CT molecular complexity index is 1470. The summed E-state index contributed by atoms with van der Waals surface area (Å²) < 4.78 is 13.4. The lowest BCUT2D eigenvalue weighted by Crippen LogP contribution is -2.54. The summed E-state index contributed by atoms with van der Waals surface area (Å²) in [4.78, 5) is 23.1. The van der Waals surface area contributed by atoms with Crippen LogP contribution in [0, 0.1) is 5.82 Å². The number of nitrogens with one attached hydrogen (secondary N) is 3. The molecule has 4 aromatic rings. The van der Waals surface area contributed by atoms with Crippen LogP contribution in [0.1, 0.15) is 44.1 Å². The van der Waals surface area contributed by atoms with E-state index in [-0.39, 0.29) is 18.0 Å². The molecule has 0 atom stereocenters. The largest absolute Gasteiger partial charge is 0.505 e. The summed E-state index contributed by atoms with van der Waals surface area (Å²) in [5, 5.41) is 16.0. The van der Waals surface area contributed by atoms with Crippen molar-refractivity contribution in [2.24, 2.45) is 0 Å². The first kappa shape index (κ1) is 27.2. The van der Waals surface area contributed by atoms with Gasteiger partial charge in [-0.3, -0.25) is 10.1 Å². The lowest BCUT2D eigenvalue weighted by Gasteiger charge is -2.45. The lowest BCUT2D eigenvalue weighted by molar-refractivity contribution is -0.116. The number of aromatic hydroxyl groups is 1. The van der Waals surface area contributed by atoms with E-state index in [1.807, 2.05) is 18.3 Å². The number of likely N-dealkylation sites (tertiary alicyclic amines) is 1. The number of H-pyrrole nitrogens is 1. The van der Waals surface area contributed by atoms with Gasteiger partial charge in [-0.05, 0) is 60.6 Å². The molecular weight excluding hydrogens is 517 g/mol. The molecule has 1 amide bonds. The molecule has 4 N–H and O–H groups in total. The van der Waals surface area contributed by atoms with Crippen LogP contribution in [0.4, 0.5) is 10.1 Å². The van der Waals surface area contributed by atoms with Gasteiger partial charge in [0.05, 0.1) is 6.54 Å². The van der Waals surface area contributed by atoms with Crippen LogP contribution in [-0.4, -0.2) is 51.6 Å². The van der Waals surface area contributed by atoms with Crippen molar-refractivity contribution in [3.63, 3.8) is 0 Å². The van der Waals surface area contributed by atoms with Crippen LogP contribution in [0.3, 0.4) is 0 Å². The third-order valence-electron chi connectivity index (χ3n) is 8.71. The van der Waals surface area contributed by atoms with Crippen molar-refractivity contribution in [2.75, 3.05) is 25.0 Å². The van der Waals surface area contributed by atoms with Crippen molar-refractivity contribution >= 4 is 11.6 Å².